The van der Waals surface area contributed by atoms with Crippen molar-refractivity contribution in [2.75, 3.05) is 0 Å². The maximum absolute atomic E-state index is 13.3. The molecule has 0 spiro atoms. The number of rotatable bonds is 3. The molecule has 1 aromatic carbocycles. The number of nitriles is 1. The van der Waals surface area contributed by atoms with E-state index in [1.165, 1.54) is 37.5 Å². The molecule has 0 aromatic heterocycles. The predicted molar refractivity (Wildman–Crippen MR) is 72.6 cm³/mol. The van der Waals surface area contributed by atoms with E-state index in [-0.39, 0.29) is 5.82 Å². The van der Waals surface area contributed by atoms with Crippen molar-refractivity contribution in [3.8, 4) is 6.07 Å². The molecule has 102 valence electrons. The van der Waals surface area contributed by atoms with E-state index in [0.29, 0.717) is 29.8 Å². The van der Waals surface area contributed by atoms with Gasteiger partial charge in [0.05, 0.1) is 11.6 Å². The van der Waals surface area contributed by atoms with Crippen molar-refractivity contribution in [3.05, 3.63) is 35.1 Å². The van der Waals surface area contributed by atoms with Gasteiger partial charge in [-0.2, -0.15) is 5.26 Å². The van der Waals surface area contributed by atoms with Gasteiger partial charge in [0, 0.05) is 18.6 Å². The molecule has 0 amide bonds. The van der Waals surface area contributed by atoms with Crippen molar-refractivity contribution >= 4 is 0 Å². The third kappa shape index (κ3) is 3.31. The Kier molecular flexibility index (Phi) is 4.52. The first-order valence-electron chi connectivity index (χ1n) is 6.82. The molecule has 0 radical (unpaired) electrons. The average molecular weight is 261 g/mol. The molecule has 19 heavy (non-hydrogen) atoms. The molecule has 2 atom stereocenters. The van der Waals surface area contributed by atoms with Crippen LogP contribution in [0, 0.1) is 17.1 Å². The zero-order chi connectivity index (χ0) is 13.8. The van der Waals surface area contributed by atoms with Gasteiger partial charge in [-0.15, -0.1) is 0 Å². The summed E-state index contributed by atoms with van der Waals surface area (Å²) in [6.45, 7) is 4.88. The van der Waals surface area contributed by atoms with Crippen LogP contribution in [0.2, 0.25) is 0 Å². The van der Waals surface area contributed by atoms with Crippen LogP contribution in [-0.4, -0.2) is 17.1 Å². The highest BCUT2D eigenvalue weighted by Crippen LogP contribution is 2.21. The first-order valence-corrected chi connectivity index (χ1v) is 6.82. The first-order chi connectivity index (χ1) is 9.11. The Labute approximate surface area is 114 Å². The van der Waals surface area contributed by atoms with Crippen LogP contribution in [0.1, 0.15) is 44.2 Å². The van der Waals surface area contributed by atoms with Gasteiger partial charge >= 0.3 is 0 Å². The zero-order valence-corrected chi connectivity index (χ0v) is 11.5. The van der Waals surface area contributed by atoms with Gasteiger partial charge in [-0.25, -0.2) is 9.40 Å². The highest BCUT2D eigenvalue weighted by atomic mass is 19.1. The highest BCUT2D eigenvalue weighted by molar-refractivity contribution is 5.37. The van der Waals surface area contributed by atoms with E-state index < -0.39 is 0 Å². The summed E-state index contributed by atoms with van der Waals surface area (Å²) in [5.41, 5.74) is 4.60. The Morgan fingerprint density at radius 3 is 2.68 bits per heavy atom. The fourth-order valence-corrected chi connectivity index (χ4v) is 2.73. The molecule has 2 rings (SSSR count). The standard InChI is InChI=1S/C15H20FN3/c1-11-4-3-5-12(2)19(11)18-10-14-8-15(16)7-6-13(14)9-17/h6-8,11-12,18H,3-5,10H2,1-2H3. The smallest absolute Gasteiger partial charge is 0.123 e. The van der Waals surface area contributed by atoms with Gasteiger partial charge in [-0.1, -0.05) is 6.42 Å². The fourth-order valence-electron chi connectivity index (χ4n) is 2.73. The van der Waals surface area contributed by atoms with Crippen LogP contribution >= 0.6 is 0 Å². The summed E-state index contributed by atoms with van der Waals surface area (Å²) in [6, 6.07) is 7.36. The number of halogens is 1. The van der Waals surface area contributed by atoms with Crippen LogP contribution in [-0.2, 0) is 6.54 Å². The predicted octanol–water partition coefficient (Wildman–Crippen LogP) is 2.96. The monoisotopic (exact) mass is 261 g/mol. The molecule has 1 aliphatic heterocycles. The van der Waals surface area contributed by atoms with Crippen molar-refractivity contribution in [1.82, 2.24) is 10.4 Å². The molecule has 1 aliphatic rings. The fraction of sp³-hybridized carbons (Fsp3) is 0.533. The normalized spacial score (nSPS) is 24.1. The van der Waals surface area contributed by atoms with E-state index in [0.717, 1.165) is 0 Å². The van der Waals surface area contributed by atoms with E-state index in [9.17, 15) is 4.39 Å². The lowest BCUT2D eigenvalue weighted by atomic mass is 10.00. The minimum absolute atomic E-state index is 0.296. The van der Waals surface area contributed by atoms with Gasteiger partial charge in [0.1, 0.15) is 5.82 Å². The van der Waals surface area contributed by atoms with Crippen LogP contribution in [0.25, 0.3) is 0 Å². The topological polar surface area (TPSA) is 39.1 Å². The molecule has 4 heteroatoms. The number of hydrogen-bond donors (Lipinski definition) is 1. The van der Waals surface area contributed by atoms with Gasteiger partial charge in [0.2, 0.25) is 0 Å². The zero-order valence-electron chi connectivity index (χ0n) is 11.5. The lowest BCUT2D eigenvalue weighted by Gasteiger charge is -2.39. The average Bonchev–Trinajstić information content (AvgIpc) is 2.38. The number of nitrogens with one attached hydrogen (secondary N) is 1. The van der Waals surface area contributed by atoms with E-state index in [1.807, 2.05) is 0 Å². The quantitative estimate of drug-likeness (QED) is 0.909. The number of benzene rings is 1. The molecular formula is C15H20FN3. The Morgan fingerprint density at radius 2 is 2.05 bits per heavy atom. The van der Waals surface area contributed by atoms with Gasteiger partial charge in [0.25, 0.3) is 0 Å². The molecule has 1 N–H and O–H groups in total. The number of hydrazine groups is 1. The van der Waals surface area contributed by atoms with E-state index in [1.54, 1.807) is 0 Å². The summed E-state index contributed by atoms with van der Waals surface area (Å²) in [7, 11) is 0. The van der Waals surface area contributed by atoms with Crippen molar-refractivity contribution in [2.24, 2.45) is 0 Å². The third-order valence-corrected chi connectivity index (χ3v) is 3.83. The second-order valence-corrected chi connectivity index (χ2v) is 5.28. The highest BCUT2D eigenvalue weighted by Gasteiger charge is 2.24. The third-order valence-electron chi connectivity index (χ3n) is 3.83. The van der Waals surface area contributed by atoms with Crippen LogP contribution in [0.5, 0.6) is 0 Å². The Bertz CT molecular complexity index is 471. The van der Waals surface area contributed by atoms with Gasteiger partial charge in [-0.3, -0.25) is 5.43 Å². The Morgan fingerprint density at radius 1 is 1.37 bits per heavy atom. The summed E-state index contributed by atoms with van der Waals surface area (Å²) in [5.74, 6) is -0.296. The lowest BCUT2D eigenvalue weighted by Crippen LogP contribution is -2.51. The molecule has 1 saturated heterocycles. The molecule has 0 aliphatic carbocycles. The molecule has 0 bridgehead atoms. The molecule has 1 fully saturated rings. The van der Waals surface area contributed by atoms with E-state index in [2.05, 4.69) is 30.4 Å². The van der Waals surface area contributed by atoms with E-state index >= 15 is 0 Å². The Hall–Kier alpha value is -1.44. The van der Waals surface area contributed by atoms with Crippen LogP contribution < -0.4 is 5.43 Å². The largest absolute Gasteiger partial charge is 0.250 e. The van der Waals surface area contributed by atoms with Crippen molar-refractivity contribution < 1.29 is 4.39 Å². The number of piperidine rings is 1. The second-order valence-electron chi connectivity index (χ2n) is 5.28. The van der Waals surface area contributed by atoms with Crippen molar-refractivity contribution in [2.45, 2.75) is 51.7 Å². The number of hydrogen-bond acceptors (Lipinski definition) is 3. The second kappa shape index (κ2) is 6.14. The van der Waals surface area contributed by atoms with E-state index in [4.69, 9.17) is 5.26 Å². The molecule has 2 unspecified atom stereocenters. The van der Waals surface area contributed by atoms with Gasteiger partial charge in [0.15, 0.2) is 0 Å². The van der Waals surface area contributed by atoms with Gasteiger partial charge in [-0.05, 0) is 50.5 Å². The Balaban J connectivity index is 2.06. The van der Waals surface area contributed by atoms with Crippen molar-refractivity contribution in [1.29, 1.82) is 5.26 Å². The molecule has 1 heterocycles. The van der Waals surface area contributed by atoms with Crippen LogP contribution in [0.3, 0.4) is 0 Å². The van der Waals surface area contributed by atoms with Gasteiger partial charge < -0.3 is 0 Å². The maximum atomic E-state index is 13.3. The minimum atomic E-state index is -0.296. The minimum Gasteiger partial charge on any atom is -0.250 e. The molecule has 0 saturated carbocycles. The SMILES string of the molecule is CC1CCCC(C)N1NCc1cc(F)ccc1C#N. The summed E-state index contributed by atoms with van der Waals surface area (Å²) < 4.78 is 13.3. The van der Waals surface area contributed by atoms with Crippen molar-refractivity contribution in [3.63, 3.8) is 0 Å². The first kappa shape index (κ1) is 14.0. The number of nitrogens with zero attached hydrogens (tertiary/aromatic N) is 2. The van der Waals surface area contributed by atoms with Crippen LogP contribution in [0.4, 0.5) is 4.39 Å². The van der Waals surface area contributed by atoms with Crippen LogP contribution in [0.15, 0.2) is 18.2 Å². The summed E-state index contributed by atoms with van der Waals surface area (Å²) in [6.07, 6.45) is 3.60. The lowest BCUT2D eigenvalue weighted by molar-refractivity contribution is 0.0435. The summed E-state index contributed by atoms with van der Waals surface area (Å²) >= 11 is 0. The molecular weight excluding hydrogens is 241 g/mol. The summed E-state index contributed by atoms with van der Waals surface area (Å²) in [4.78, 5) is 0. The summed E-state index contributed by atoms with van der Waals surface area (Å²) in [5, 5.41) is 11.3. The maximum Gasteiger partial charge on any atom is 0.123 e. The molecule has 1 aromatic rings. The molecule has 3 nitrogen and oxygen atoms in total.